The summed E-state index contributed by atoms with van der Waals surface area (Å²) >= 11 is 5.68. The van der Waals surface area contributed by atoms with E-state index in [4.69, 9.17) is 16.9 Å². The topological polar surface area (TPSA) is 57.9 Å². The summed E-state index contributed by atoms with van der Waals surface area (Å²) in [7, 11) is -3.59. The normalized spacial score (nSPS) is 13.4. The lowest BCUT2D eigenvalue weighted by atomic mass is 10.1. The quantitative estimate of drug-likeness (QED) is 0.836. The molecule has 86 valence electrons. The highest BCUT2D eigenvalue weighted by atomic mass is 35.5. The molecule has 3 nitrogen and oxygen atoms in total. The van der Waals surface area contributed by atoms with Crippen molar-refractivity contribution in [3.63, 3.8) is 0 Å². The van der Waals surface area contributed by atoms with Gasteiger partial charge < -0.3 is 0 Å². The van der Waals surface area contributed by atoms with Crippen molar-refractivity contribution in [2.45, 2.75) is 24.0 Å². The Morgan fingerprint density at radius 1 is 1.25 bits per heavy atom. The van der Waals surface area contributed by atoms with Crippen LogP contribution in [0.1, 0.15) is 13.8 Å². The maximum absolute atomic E-state index is 12.1. The maximum Gasteiger partial charge on any atom is 0.194 e. The Bertz CT molecular complexity index is 500. The van der Waals surface area contributed by atoms with Gasteiger partial charge in [0, 0.05) is 5.02 Å². The number of hydrogen-bond acceptors (Lipinski definition) is 3. The van der Waals surface area contributed by atoms with Gasteiger partial charge >= 0.3 is 0 Å². The standard InChI is InChI=1S/C11H12ClNO2S/c1-8(2)11(7-13)16(14,15)10-5-3-9(12)4-6-10/h3-6,8,11H,1-2H3. The van der Waals surface area contributed by atoms with E-state index in [1.807, 2.05) is 6.07 Å². The molecule has 1 unspecified atom stereocenters. The van der Waals surface area contributed by atoms with Crippen LogP contribution in [-0.2, 0) is 9.84 Å². The first-order chi connectivity index (χ1) is 7.39. The third kappa shape index (κ3) is 2.55. The lowest BCUT2D eigenvalue weighted by Crippen LogP contribution is -2.25. The van der Waals surface area contributed by atoms with Gasteiger partial charge in [0.15, 0.2) is 15.1 Å². The Balaban J connectivity index is 3.22. The molecule has 0 saturated heterocycles. The van der Waals surface area contributed by atoms with E-state index >= 15 is 0 Å². The fourth-order valence-corrected chi connectivity index (χ4v) is 3.14. The molecule has 0 heterocycles. The molecule has 0 saturated carbocycles. The van der Waals surface area contributed by atoms with Crippen LogP contribution in [0.25, 0.3) is 0 Å². The summed E-state index contributed by atoms with van der Waals surface area (Å²) in [5.74, 6) is -0.245. The van der Waals surface area contributed by atoms with Crippen LogP contribution in [0.3, 0.4) is 0 Å². The van der Waals surface area contributed by atoms with E-state index < -0.39 is 15.1 Å². The lowest BCUT2D eigenvalue weighted by Gasteiger charge is -2.13. The van der Waals surface area contributed by atoms with Crippen molar-refractivity contribution in [2.24, 2.45) is 5.92 Å². The molecule has 0 amide bonds. The van der Waals surface area contributed by atoms with Crippen molar-refractivity contribution in [3.8, 4) is 6.07 Å². The predicted molar refractivity (Wildman–Crippen MR) is 62.9 cm³/mol. The van der Waals surface area contributed by atoms with Gasteiger partial charge in [0.05, 0.1) is 11.0 Å². The van der Waals surface area contributed by atoms with Crippen molar-refractivity contribution in [1.82, 2.24) is 0 Å². The number of rotatable bonds is 3. The molecule has 5 heteroatoms. The maximum atomic E-state index is 12.1. The monoisotopic (exact) mass is 257 g/mol. The Labute approximate surface area is 101 Å². The fourth-order valence-electron chi connectivity index (χ4n) is 1.35. The average Bonchev–Trinajstić information content (AvgIpc) is 2.18. The van der Waals surface area contributed by atoms with E-state index in [-0.39, 0.29) is 10.8 Å². The zero-order chi connectivity index (χ0) is 12.3. The van der Waals surface area contributed by atoms with Crippen LogP contribution in [0, 0.1) is 17.2 Å². The molecule has 0 radical (unpaired) electrons. The van der Waals surface area contributed by atoms with Gasteiger partial charge in [-0.05, 0) is 30.2 Å². The summed E-state index contributed by atoms with van der Waals surface area (Å²) in [6.07, 6.45) is 0. The number of hydrogen-bond donors (Lipinski definition) is 0. The molecule has 1 rings (SSSR count). The number of sulfone groups is 1. The van der Waals surface area contributed by atoms with Crippen molar-refractivity contribution in [1.29, 1.82) is 5.26 Å². The average molecular weight is 258 g/mol. The van der Waals surface area contributed by atoms with Crippen LogP contribution in [0.15, 0.2) is 29.2 Å². The second kappa shape index (κ2) is 4.86. The number of benzene rings is 1. The highest BCUT2D eigenvalue weighted by molar-refractivity contribution is 7.92. The van der Waals surface area contributed by atoms with Crippen molar-refractivity contribution in [2.75, 3.05) is 0 Å². The molecule has 1 atom stereocenters. The van der Waals surface area contributed by atoms with Crippen LogP contribution in [0.4, 0.5) is 0 Å². The Hall–Kier alpha value is -1.05. The highest BCUT2D eigenvalue weighted by Crippen LogP contribution is 2.22. The minimum atomic E-state index is -3.59. The highest BCUT2D eigenvalue weighted by Gasteiger charge is 2.29. The van der Waals surface area contributed by atoms with Gasteiger partial charge in [0.1, 0.15) is 0 Å². The summed E-state index contributed by atoms with van der Waals surface area (Å²) in [5, 5.41) is 8.34. The molecule has 0 aliphatic rings. The minimum absolute atomic E-state index is 0.136. The molecule has 1 aromatic rings. The first-order valence-electron chi connectivity index (χ1n) is 4.78. The Morgan fingerprint density at radius 2 is 1.75 bits per heavy atom. The van der Waals surface area contributed by atoms with Gasteiger partial charge in [0.25, 0.3) is 0 Å². The van der Waals surface area contributed by atoms with Crippen LogP contribution >= 0.6 is 11.6 Å². The largest absolute Gasteiger partial charge is 0.222 e. The smallest absolute Gasteiger partial charge is 0.194 e. The summed E-state index contributed by atoms with van der Waals surface area (Å²) in [5.41, 5.74) is 0. The zero-order valence-corrected chi connectivity index (χ0v) is 10.6. The van der Waals surface area contributed by atoms with Crippen LogP contribution in [0.2, 0.25) is 5.02 Å². The van der Waals surface area contributed by atoms with Gasteiger partial charge in [-0.15, -0.1) is 0 Å². The number of nitriles is 1. The molecule has 0 spiro atoms. The van der Waals surface area contributed by atoms with Gasteiger partial charge in [-0.1, -0.05) is 25.4 Å². The summed E-state index contributed by atoms with van der Waals surface area (Å²) in [6, 6.07) is 7.68. The first kappa shape index (κ1) is 13.0. The number of nitrogens with zero attached hydrogens (tertiary/aromatic N) is 1. The van der Waals surface area contributed by atoms with Crippen molar-refractivity contribution >= 4 is 21.4 Å². The van der Waals surface area contributed by atoms with Crippen LogP contribution in [-0.4, -0.2) is 13.7 Å². The summed E-state index contributed by atoms with van der Waals surface area (Å²) < 4.78 is 24.1. The minimum Gasteiger partial charge on any atom is -0.222 e. The van der Waals surface area contributed by atoms with Gasteiger partial charge in [0.2, 0.25) is 0 Å². The van der Waals surface area contributed by atoms with Gasteiger partial charge in [-0.25, -0.2) is 8.42 Å². The van der Waals surface area contributed by atoms with Crippen molar-refractivity contribution < 1.29 is 8.42 Å². The van der Waals surface area contributed by atoms with Gasteiger partial charge in [-0.3, -0.25) is 0 Å². The molecule has 0 aliphatic heterocycles. The van der Waals surface area contributed by atoms with Crippen LogP contribution < -0.4 is 0 Å². The second-order valence-corrected chi connectivity index (χ2v) is 6.30. The van der Waals surface area contributed by atoms with Crippen molar-refractivity contribution in [3.05, 3.63) is 29.3 Å². The third-order valence-corrected chi connectivity index (χ3v) is 4.71. The molecule has 0 bridgehead atoms. The molecule has 0 aromatic heterocycles. The fraction of sp³-hybridized carbons (Fsp3) is 0.364. The SMILES string of the molecule is CC(C)C(C#N)S(=O)(=O)c1ccc(Cl)cc1. The van der Waals surface area contributed by atoms with E-state index in [1.165, 1.54) is 24.3 Å². The lowest BCUT2D eigenvalue weighted by molar-refractivity contribution is 0.563. The van der Waals surface area contributed by atoms with Crippen LogP contribution in [0.5, 0.6) is 0 Å². The molecule has 0 aliphatic carbocycles. The predicted octanol–water partition coefficient (Wildman–Crippen LogP) is 2.66. The van der Waals surface area contributed by atoms with E-state index in [1.54, 1.807) is 13.8 Å². The molecule has 0 fully saturated rings. The second-order valence-electron chi connectivity index (χ2n) is 3.79. The number of halogens is 1. The van der Waals surface area contributed by atoms with Gasteiger partial charge in [-0.2, -0.15) is 5.26 Å². The molecular formula is C11H12ClNO2S. The first-order valence-corrected chi connectivity index (χ1v) is 6.71. The van der Waals surface area contributed by atoms with E-state index in [2.05, 4.69) is 0 Å². The molecule has 1 aromatic carbocycles. The van der Waals surface area contributed by atoms with E-state index in [0.29, 0.717) is 5.02 Å². The third-order valence-electron chi connectivity index (χ3n) is 2.21. The molecule has 0 N–H and O–H groups in total. The van der Waals surface area contributed by atoms with E-state index in [0.717, 1.165) is 0 Å². The zero-order valence-electron chi connectivity index (χ0n) is 9.01. The Morgan fingerprint density at radius 3 is 2.12 bits per heavy atom. The summed E-state index contributed by atoms with van der Waals surface area (Å²) in [4.78, 5) is 0.136. The molecular weight excluding hydrogens is 246 g/mol. The van der Waals surface area contributed by atoms with E-state index in [9.17, 15) is 8.42 Å². The molecule has 16 heavy (non-hydrogen) atoms. The Kier molecular flexibility index (Phi) is 3.95. The summed E-state index contributed by atoms with van der Waals surface area (Å²) in [6.45, 7) is 3.42.